The molecule has 5 heteroatoms. The predicted octanol–water partition coefficient (Wildman–Crippen LogP) is 2.69. The maximum Gasteiger partial charge on any atom is 0.326 e. The third kappa shape index (κ3) is 3.76. The fourth-order valence-electron chi connectivity index (χ4n) is 3.14. The fraction of sp³-hybridized carbons (Fsp3) is 0.250. The van der Waals surface area contributed by atoms with Gasteiger partial charge in [-0.05, 0) is 11.1 Å². The minimum absolute atomic E-state index is 0.0136. The molecule has 1 heterocycles. The van der Waals surface area contributed by atoms with Gasteiger partial charge in [0.2, 0.25) is 5.91 Å². The van der Waals surface area contributed by atoms with Crippen molar-refractivity contribution >= 4 is 17.7 Å². The molecule has 0 saturated heterocycles. The summed E-state index contributed by atoms with van der Waals surface area (Å²) in [5, 5.41) is 9.48. The zero-order valence-electron chi connectivity index (χ0n) is 13.7. The topological polar surface area (TPSA) is 74.7 Å². The van der Waals surface area contributed by atoms with Crippen LogP contribution in [0.2, 0.25) is 0 Å². The van der Waals surface area contributed by atoms with E-state index in [2.05, 4.69) is 0 Å². The van der Waals surface area contributed by atoms with Crippen molar-refractivity contribution in [2.75, 3.05) is 0 Å². The Kier molecular flexibility index (Phi) is 4.93. The molecule has 2 aromatic rings. The lowest BCUT2D eigenvalue weighted by Crippen LogP contribution is -2.48. The van der Waals surface area contributed by atoms with E-state index in [4.69, 9.17) is 0 Å². The zero-order valence-corrected chi connectivity index (χ0v) is 13.7. The summed E-state index contributed by atoms with van der Waals surface area (Å²) in [6.45, 7) is 0.269. The van der Waals surface area contributed by atoms with Crippen LogP contribution in [0.5, 0.6) is 0 Å². The number of fused-ring (bicyclic) bond motifs is 1. The second kappa shape index (κ2) is 7.30. The van der Waals surface area contributed by atoms with Crippen molar-refractivity contribution < 1.29 is 19.5 Å². The molecule has 25 heavy (non-hydrogen) atoms. The molecule has 128 valence electrons. The Balaban J connectivity index is 1.70. The van der Waals surface area contributed by atoms with Gasteiger partial charge in [-0.1, -0.05) is 54.6 Å². The molecule has 1 amide bonds. The molecule has 0 fully saturated rings. The van der Waals surface area contributed by atoms with Crippen LogP contribution in [0.4, 0.5) is 0 Å². The van der Waals surface area contributed by atoms with Gasteiger partial charge < -0.3 is 10.0 Å². The first kappa shape index (κ1) is 16.9. The van der Waals surface area contributed by atoms with Crippen LogP contribution in [0.3, 0.4) is 0 Å². The SMILES string of the molecule is O=C(CCC(=O)N1Cc2ccccc2C[C@H]1C(=O)O)c1ccccc1. The number of amides is 1. The van der Waals surface area contributed by atoms with Crippen LogP contribution in [-0.2, 0) is 22.6 Å². The molecular formula is C20H19NO4. The lowest BCUT2D eigenvalue weighted by atomic mass is 9.93. The smallest absolute Gasteiger partial charge is 0.326 e. The number of carboxylic acids is 1. The summed E-state index contributed by atoms with van der Waals surface area (Å²) < 4.78 is 0. The number of carboxylic acid groups (broad SMARTS) is 1. The first-order valence-corrected chi connectivity index (χ1v) is 8.23. The monoisotopic (exact) mass is 337 g/mol. The highest BCUT2D eigenvalue weighted by molar-refractivity contribution is 5.98. The number of nitrogens with zero attached hydrogens (tertiary/aromatic N) is 1. The maximum absolute atomic E-state index is 12.6. The van der Waals surface area contributed by atoms with Crippen molar-refractivity contribution in [1.82, 2.24) is 4.90 Å². The number of hydrogen-bond donors (Lipinski definition) is 1. The van der Waals surface area contributed by atoms with E-state index in [1.807, 2.05) is 30.3 Å². The van der Waals surface area contributed by atoms with Crippen LogP contribution in [0.1, 0.15) is 34.3 Å². The molecule has 0 unspecified atom stereocenters. The van der Waals surface area contributed by atoms with Gasteiger partial charge in [-0.2, -0.15) is 0 Å². The molecule has 0 spiro atoms. The molecule has 1 aliphatic rings. The normalized spacial score (nSPS) is 16.2. The summed E-state index contributed by atoms with van der Waals surface area (Å²) >= 11 is 0. The van der Waals surface area contributed by atoms with E-state index in [-0.39, 0.29) is 31.1 Å². The largest absolute Gasteiger partial charge is 0.480 e. The molecule has 3 rings (SSSR count). The van der Waals surface area contributed by atoms with Crippen LogP contribution >= 0.6 is 0 Å². The van der Waals surface area contributed by atoms with E-state index in [9.17, 15) is 19.5 Å². The van der Waals surface area contributed by atoms with Gasteiger partial charge in [0, 0.05) is 31.4 Å². The lowest BCUT2D eigenvalue weighted by Gasteiger charge is -2.34. The molecule has 0 radical (unpaired) electrons. The Bertz CT molecular complexity index is 800. The zero-order chi connectivity index (χ0) is 17.8. The molecular weight excluding hydrogens is 318 g/mol. The van der Waals surface area contributed by atoms with E-state index >= 15 is 0 Å². The summed E-state index contributed by atoms with van der Waals surface area (Å²) in [4.78, 5) is 37.7. The lowest BCUT2D eigenvalue weighted by molar-refractivity contribution is -0.151. The number of ketones is 1. The van der Waals surface area contributed by atoms with E-state index in [0.717, 1.165) is 11.1 Å². The summed E-state index contributed by atoms with van der Waals surface area (Å²) in [6, 6.07) is 15.5. The number of carbonyl (C=O) groups is 3. The average molecular weight is 337 g/mol. The molecule has 0 aromatic heterocycles. The molecule has 1 atom stereocenters. The summed E-state index contributed by atoms with van der Waals surface area (Å²) in [6.07, 6.45) is 0.386. The first-order valence-electron chi connectivity index (χ1n) is 8.23. The van der Waals surface area contributed by atoms with Crippen LogP contribution < -0.4 is 0 Å². The third-order valence-electron chi connectivity index (χ3n) is 4.52. The number of rotatable bonds is 5. The van der Waals surface area contributed by atoms with Gasteiger partial charge in [-0.15, -0.1) is 0 Å². The van der Waals surface area contributed by atoms with E-state index < -0.39 is 12.0 Å². The molecule has 5 nitrogen and oxygen atoms in total. The van der Waals surface area contributed by atoms with Crippen LogP contribution in [0.25, 0.3) is 0 Å². The number of Topliss-reactive ketones (excluding diaryl/α,β-unsaturated/α-hetero) is 1. The summed E-state index contributed by atoms with van der Waals surface area (Å²) in [5.41, 5.74) is 2.48. The van der Waals surface area contributed by atoms with Gasteiger partial charge >= 0.3 is 5.97 Å². The molecule has 0 saturated carbocycles. The molecule has 1 aliphatic heterocycles. The standard InChI is InChI=1S/C20H19NO4/c22-18(14-6-2-1-3-7-14)10-11-19(23)21-13-16-9-5-4-8-15(16)12-17(21)20(24)25/h1-9,17H,10-13H2,(H,24,25)/t17-/m0/s1. The Morgan fingerprint density at radius 1 is 0.920 bits per heavy atom. The minimum Gasteiger partial charge on any atom is -0.480 e. The molecule has 1 N–H and O–H groups in total. The first-order chi connectivity index (χ1) is 12.1. The van der Waals surface area contributed by atoms with Crippen LogP contribution in [0.15, 0.2) is 54.6 Å². The van der Waals surface area contributed by atoms with Gasteiger partial charge in [0.05, 0.1) is 0 Å². The number of aliphatic carboxylic acids is 1. The Morgan fingerprint density at radius 2 is 1.56 bits per heavy atom. The quantitative estimate of drug-likeness (QED) is 0.851. The van der Waals surface area contributed by atoms with Gasteiger partial charge in [0.1, 0.15) is 6.04 Å². The highest BCUT2D eigenvalue weighted by Gasteiger charge is 2.34. The Labute approximate surface area is 145 Å². The summed E-state index contributed by atoms with van der Waals surface area (Å²) in [7, 11) is 0. The van der Waals surface area contributed by atoms with Gasteiger partial charge in [0.25, 0.3) is 0 Å². The van der Waals surface area contributed by atoms with Gasteiger partial charge in [-0.3, -0.25) is 9.59 Å². The molecule has 2 aromatic carbocycles. The number of benzene rings is 2. The second-order valence-corrected chi connectivity index (χ2v) is 6.14. The van der Waals surface area contributed by atoms with Crippen molar-refractivity contribution in [3.63, 3.8) is 0 Å². The van der Waals surface area contributed by atoms with Crippen molar-refractivity contribution in [3.05, 3.63) is 71.3 Å². The van der Waals surface area contributed by atoms with Gasteiger partial charge in [0.15, 0.2) is 5.78 Å². The third-order valence-corrected chi connectivity index (χ3v) is 4.52. The Morgan fingerprint density at radius 3 is 2.24 bits per heavy atom. The molecule has 0 bridgehead atoms. The number of carbonyl (C=O) groups excluding carboxylic acids is 2. The Hall–Kier alpha value is -2.95. The van der Waals surface area contributed by atoms with E-state index in [0.29, 0.717) is 12.0 Å². The fourth-order valence-corrected chi connectivity index (χ4v) is 3.14. The van der Waals surface area contributed by atoms with Crippen molar-refractivity contribution in [1.29, 1.82) is 0 Å². The highest BCUT2D eigenvalue weighted by Crippen LogP contribution is 2.24. The summed E-state index contributed by atoms with van der Waals surface area (Å²) in [5.74, 6) is -1.43. The molecule has 0 aliphatic carbocycles. The average Bonchev–Trinajstić information content (AvgIpc) is 2.65. The van der Waals surface area contributed by atoms with E-state index in [1.165, 1.54) is 4.90 Å². The van der Waals surface area contributed by atoms with Crippen molar-refractivity contribution in [2.24, 2.45) is 0 Å². The predicted molar refractivity (Wildman–Crippen MR) is 92.1 cm³/mol. The second-order valence-electron chi connectivity index (χ2n) is 6.14. The maximum atomic E-state index is 12.6. The van der Waals surface area contributed by atoms with Crippen molar-refractivity contribution in [2.45, 2.75) is 31.8 Å². The van der Waals surface area contributed by atoms with Crippen molar-refractivity contribution in [3.8, 4) is 0 Å². The number of hydrogen-bond acceptors (Lipinski definition) is 3. The van der Waals surface area contributed by atoms with Gasteiger partial charge in [-0.25, -0.2) is 4.79 Å². The van der Waals surface area contributed by atoms with Crippen LogP contribution in [-0.4, -0.2) is 33.7 Å². The highest BCUT2D eigenvalue weighted by atomic mass is 16.4. The van der Waals surface area contributed by atoms with Crippen LogP contribution in [0, 0.1) is 0 Å². The van der Waals surface area contributed by atoms with E-state index in [1.54, 1.807) is 24.3 Å². The minimum atomic E-state index is -1.02.